The molecule has 0 aliphatic carbocycles. The van der Waals surface area contributed by atoms with Gasteiger partial charge in [-0.15, -0.1) is 0 Å². The van der Waals surface area contributed by atoms with Crippen molar-refractivity contribution in [2.24, 2.45) is 64.6 Å². The minimum atomic E-state index is -1.46. The number of rotatable bonds is 66. The molecule has 0 rings (SSSR count). The zero-order chi connectivity index (χ0) is 77.9. The maximum Gasteiger partial charge on any atom is 0.310 e. The SMILES string of the molecule is CCCC(CC)C(C)(C)C(CC)CCC.CCCC(CC)C(CC)CCC.CCCC(CC)COC(=O)CCCCCOC(=O)CC(C(=O)OCCCCCC(=O)OCC(CC)CCC)C(CC(=O)OCCCCCC(=O)OCC(CC)CCC)C(=O)OCCCCCC(=O)OCC(CC)CCC. The molecule has 0 aliphatic heterocycles. The molecule has 0 spiro atoms. The Kier molecular flexibility index (Phi) is 70.7. The lowest BCUT2D eigenvalue weighted by molar-refractivity contribution is -0.167. The summed E-state index contributed by atoms with van der Waals surface area (Å²) in [5.74, 6) is -2.17. The molecule has 10 atom stereocenters. The predicted molar refractivity (Wildman–Crippen MR) is 421 cm³/mol. The summed E-state index contributed by atoms with van der Waals surface area (Å²) >= 11 is 0. The molecule has 0 saturated carbocycles. The highest BCUT2D eigenvalue weighted by atomic mass is 16.6. The number of carbonyl (C=O) groups is 8. The fourth-order valence-electron chi connectivity index (χ4n) is 14.3. The number of hydrogen-bond donors (Lipinski definition) is 0. The summed E-state index contributed by atoms with van der Waals surface area (Å²) in [6.07, 6.45) is 34.2. The molecule has 608 valence electrons. The van der Waals surface area contributed by atoms with Crippen molar-refractivity contribution in [2.45, 2.75) is 394 Å². The first-order valence-electron chi connectivity index (χ1n) is 42.8. The van der Waals surface area contributed by atoms with Gasteiger partial charge in [-0.25, -0.2) is 0 Å². The lowest BCUT2D eigenvalue weighted by atomic mass is 9.65. The van der Waals surface area contributed by atoms with E-state index in [4.69, 9.17) is 37.9 Å². The highest BCUT2D eigenvalue weighted by molar-refractivity contribution is 5.88. The van der Waals surface area contributed by atoms with Crippen LogP contribution < -0.4 is 0 Å². The second-order valence-corrected chi connectivity index (χ2v) is 30.1. The molecule has 0 radical (unpaired) electrons. The van der Waals surface area contributed by atoms with Crippen LogP contribution in [0.2, 0.25) is 0 Å². The van der Waals surface area contributed by atoms with Gasteiger partial charge in [0.25, 0.3) is 0 Å². The summed E-state index contributed by atoms with van der Waals surface area (Å²) < 4.78 is 44.3. The van der Waals surface area contributed by atoms with Crippen molar-refractivity contribution in [1.29, 1.82) is 0 Å². The number of ether oxygens (including phenoxy) is 8. The minimum Gasteiger partial charge on any atom is -0.466 e. The molecule has 0 bridgehead atoms. The van der Waals surface area contributed by atoms with Crippen LogP contribution in [0.25, 0.3) is 0 Å². The molecular formula is C87H164O16. The molecule has 0 aromatic rings. The average Bonchev–Trinajstić information content (AvgIpc) is 0.846. The maximum atomic E-state index is 14.0. The van der Waals surface area contributed by atoms with E-state index in [2.05, 4.69) is 125 Å². The van der Waals surface area contributed by atoms with Crippen molar-refractivity contribution in [3.05, 3.63) is 0 Å². The van der Waals surface area contributed by atoms with Gasteiger partial charge in [-0.1, -0.05) is 253 Å². The standard InChI is InChI=1S/C60H106O16.C15H32.C12H26/c1-9-29-47(13-5)43-73-53(61)33-21-17-25-37-69-57(65)41-51(59(67)71-39-27-19-23-35-55(63)75-45-49(15-7)31-11-3)52(60(68)72-40-28-20-24-36-56(64)76-46-50(16-8)32-12-4)42-58(66)70-38-26-18-22-34-54(62)74-44-48(14-6)30-10-2;1-7-11-13(9-3)15(5,6)14(10-4)12-8-2;1-5-9-11(7-3)12(8-4)10-6-2/h47-52H,9-46H2,1-8H3;13-14H,7-12H2,1-6H3;11-12H,5-10H2,1-4H3. The maximum absolute atomic E-state index is 14.0. The average molecular weight is 1470 g/mol. The normalized spacial score (nSPS) is 14.2. The first-order chi connectivity index (χ1) is 49.5. The van der Waals surface area contributed by atoms with Crippen LogP contribution >= 0.6 is 0 Å². The van der Waals surface area contributed by atoms with E-state index in [9.17, 15) is 38.4 Å². The lowest BCUT2D eigenvalue weighted by Crippen LogP contribution is -2.36. The molecular weight excluding hydrogens is 1300 g/mol. The van der Waals surface area contributed by atoms with Crippen molar-refractivity contribution < 1.29 is 76.3 Å². The van der Waals surface area contributed by atoms with E-state index in [1.54, 1.807) is 0 Å². The Labute approximate surface area is 632 Å². The molecule has 103 heavy (non-hydrogen) atoms. The third-order valence-corrected chi connectivity index (χ3v) is 21.4. The van der Waals surface area contributed by atoms with Crippen LogP contribution in [0.1, 0.15) is 394 Å². The van der Waals surface area contributed by atoms with Crippen LogP contribution in [0.15, 0.2) is 0 Å². The van der Waals surface area contributed by atoms with E-state index in [0.717, 1.165) is 101 Å². The van der Waals surface area contributed by atoms with Gasteiger partial charge in [-0.3, -0.25) is 38.4 Å². The summed E-state index contributed by atoms with van der Waals surface area (Å²) in [6, 6.07) is 0. The van der Waals surface area contributed by atoms with Crippen molar-refractivity contribution in [3.8, 4) is 0 Å². The van der Waals surface area contributed by atoms with Crippen LogP contribution in [0.3, 0.4) is 0 Å². The molecule has 0 heterocycles. The van der Waals surface area contributed by atoms with E-state index < -0.39 is 48.6 Å². The first kappa shape index (κ1) is 103. The van der Waals surface area contributed by atoms with Gasteiger partial charge in [0.05, 0.1) is 77.5 Å². The Hall–Kier alpha value is -4.24. The molecule has 0 aromatic heterocycles. The Balaban J connectivity index is -0.00000306. The van der Waals surface area contributed by atoms with Crippen LogP contribution in [0, 0.1) is 64.6 Å². The topological polar surface area (TPSA) is 210 Å². The van der Waals surface area contributed by atoms with Gasteiger partial charge in [-0.05, 0) is 155 Å². The molecule has 10 unspecified atom stereocenters. The molecule has 0 saturated heterocycles. The van der Waals surface area contributed by atoms with Crippen molar-refractivity contribution >= 4 is 47.8 Å². The van der Waals surface area contributed by atoms with Gasteiger partial charge in [0.2, 0.25) is 0 Å². The Morgan fingerprint density at radius 3 is 0.709 bits per heavy atom. The molecule has 0 N–H and O–H groups in total. The first-order valence-corrected chi connectivity index (χ1v) is 42.8. The third-order valence-electron chi connectivity index (χ3n) is 21.4. The highest BCUT2D eigenvalue weighted by Crippen LogP contribution is 2.43. The third kappa shape index (κ3) is 54.9. The summed E-state index contributed by atoms with van der Waals surface area (Å²) in [6.45, 7) is 41.9. The van der Waals surface area contributed by atoms with Gasteiger partial charge in [0, 0.05) is 25.7 Å². The summed E-state index contributed by atoms with van der Waals surface area (Å²) in [5, 5.41) is 0. The van der Waals surface area contributed by atoms with E-state index in [1.807, 2.05) is 0 Å². The van der Waals surface area contributed by atoms with Gasteiger partial charge in [0.1, 0.15) is 0 Å². The van der Waals surface area contributed by atoms with Crippen LogP contribution in [-0.4, -0.2) is 101 Å². The van der Waals surface area contributed by atoms with Gasteiger partial charge in [-0.2, -0.15) is 0 Å². The lowest BCUT2D eigenvalue weighted by Gasteiger charge is -2.41. The summed E-state index contributed by atoms with van der Waals surface area (Å²) in [4.78, 5) is 104. The van der Waals surface area contributed by atoms with E-state index >= 15 is 0 Å². The van der Waals surface area contributed by atoms with Crippen LogP contribution in [0.5, 0.6) is 0 Å². The smallest absolute Gasteiger partial charge is 0.310 e. The minimum absolute atomic E-state index is 0.00264. The molecule has 0 aromatic carbocycles. The molecule has 16 heteroatoms. The second-order valence-electron chi connectivity index (χ2n) is 30.1. The quantitative estimate of drug-likeness (QED) is 0.0315. The number of esters is 8. The largest absolute Gasteiger partial charge is 0.466 e. The monoisotopic (exact) mass is 1470 g/mol. The zero-order valence-corrected chi connectivity index (χ0v) is 70.2. The second kappa shape index (κ2) is 70.7. The molecule has 0 amide bonds. The van der Waals surface area contributed by atoms with Crippen molar-refractivity contribution in [2.75, 3.05) is 52.9 Å². The predicted octanol–water partition coefficient (Wildman–Crippen LogP) is 23.2. The van der Waals surface area contributed by atoms with Crippen molar-refractivity contribution in [1.82, 2.24) is 0 Å². The Morgan fingerprint density at radius 1 is 0.252 bits per heavy atom. The number of hydrogen-bond acceptors (Lipinski definition) is 16. The zero-order valence-electron chi connectivity index (χ0n) is 70.2. The van der Waals surface area contributed by atoms with Gasteiger partial charge in [0.15, 0.2) is 0 Å². The highest BCUT2D eigenvalue weighted by Gasteiger charge is 2.40. The van der Waals surface area contributed by atoms with Crippen molar-refractivity contribution in [3.63, 3.8) is 0 Å². The van der Waals surface area contributed by atoms with Gasteiger partial charge < -0.3 is 37.9 Å². The fraction of sp³-hybridized carbons (Fsp3) is 0.908. The number of unbranched alkanes of at least 4 members (excludes halogenated alkanes) is 8. The molecule has 16 nitrogen and oxygen atoms in total. The Bertz CT molecular complexity index is 1920. The van der Waals surface area contributed by atoms with E-state index in [1.165, 1.54) is 77.0 Å². The van der Waals surface area contributed by atoms with Crippen LogP contribution in [0.4, 0.5) is 0 Å². The number of carbonyl (C=O) groups excluding carboxylic acids is 8. The van der Waals surface area contributed by atoms with Crippen LogP contribution in [-0.2, 0) is 76.3 Å². The summed E-state index contributed by atoms with van der Waals surface area (Å²) in [7, 11) is 0. The molecule has 0 aliphatic rings. The van der Waals surface area contributed by atoms with E-state index in [0.29, 0.717) is 133 Å². The molecule has 0 fully saturated rings. The Morgan fingerprint density at radius 2 is 0.495 bits per heavy atom. The van der Waals surface area contributed by atoms with E-state index in [-0.39, 0.29) is 76.0 Å². The fourth-order valence-corrected chi connectivity index (χ4v) is 14.3. The summed E-state index contributed by atoms with van der Waals surface area (Å²) in [5.41, 5.74) is 0.537. The van der Waals surface area contributed by atoms with Gasteiger partial charge >= 0.3 is 47.8 Å².